The number of hydrogen-bond donors (Lipinski definition) is 1. The highest BCUT2D eigenvalue weighted by Gasteiger charge is 2.23. The number of anilines is 1. The molecule has 6 heteroatoms. The van der Waals surface area contributed by atoms with Gasteiger partial charge in [-0.3, -0.25) is 4.79 Å². The zero-order valence-electron chi connectivity index (χ0n) is 13.2. The average Bonchev–Trinajstić information content (AvgIpc) is 2.83. The number of carbonyl (C=O) groups is 1. The lowest BCUT2D eigenvalue weighted by atomic mass is 9.97. The van der Waals surface area contributed by atoms with Crippen molar-refractivity contribution in [2.75, 3.05) is 11.9 Å². The summed E-state index contributed by atoms with van der Waals surface area (Å²) in [4.78, 5) is 24.6. The van der Waals surface area contributed by atoms with Crippen molar-refractivity contribution in [3.63, 3.8) is 0 Å². The van der Waals surface area contributed by atoms with Gasteiger partial charge in [0.05, 0.1) is 5.39 Å². The first-order chi connectivity index (χ1) is 10.5. The molecule has 1 aliphatic rings. The molecular formula is C16H21N3O2S. The zero-order valence-corrected chi connectivity index (χ0v) is 14.0. The summed E-state index contributed by atoms with van der Waals surface area (Å²) in [5, 5.41) is 10.2. The van der Waals surface area contributed by atoms with Crippen molar-refractivity contribution in [3.05, 3.63) is 16.3 Å². The maximum atomic E-state index is 11.0. The lowest BCUT2D eigenvalue weighted by Gasteiger charge is -2.24. The molecule has 0 saturated heterocycles. The minimum atomic E-state index is -0.890. The lowest BCUT2D eigenvalue weighted by molar-refractivity contribution is -0.136. The Morgan fingerprint density at radius 1 is 1.32 bits per heavy atom. The molecule has 0 radical (unpaired) electrons. The molecule has 0 bridgehead atoms. The van der Waals surface area contributed by atoms with Crippen LogP contribution in [-0.4, -0.2) is 34.1 Å². The smallest absolute Gasteiger partial charge is 0.311 e. The van der Waals surface area contributed by atoms with E-state index in [0.29, 0.717) is 11.9 Å². The van der Waals surface area contributed by atoms with Gasteiger partial charge >= 0.3 is 5.97 Å². The molecule has 0 aliphatic heterocycles. The van der Waals surface area contributed by atoms with Gasteiger partial charge in [0, 0.05) is 18.0 Å². The third-order valence-electron chi connectivity index (χ3n) is 4.26. The maximum absolute atomic E-state index is 11.0. The topological polar surface area (TPSA) is 66.3 Å². The van der Waals surface area contributed by atoms with Crippen LogP contribution < -0.4 is 4.90 Å². The van der Waals surface area contributed by atoms with Crippen molar-refractivity contribution in [2.45, 2.75) is 52.0 Å². The molecule has 3 rings (SSSR count). The van der Waals surface area contributed by atoms with Crippen LogP contribution in [0.25, 0.3) is 10.2 Å². The van der Waals surface area contributed by atoms with E-state index in [1.165, 1.54) is 23.3 Å². The van der Waals surface area contributed by atoms with Crippen molar-refractivity contribution in [3.8, 4) is 0 Å². The maximum Gasteiger partial charge on any atom is 0.311 e. The number of nitrogens with zero attached hydrogens (tertiary/aromatic N) is 3. The minimum absolute atomic E-state index is 0.128. The van der Waals surface area contributed by atoms with E-state index in [2.05, 4.69) is 28.7 Å². The predicted molar refractivity (Wildman–Crippen MR) is 88.9 cm³/mol. The number of aryl methyl sites for hydroxylation is 2. The Labute approximate surface area is 134 Å². The van der Waals surface area contributed by atoms with E-state index < -0.39 is 5.97 Å². The first-order valence-corrected chi connectivity index (χ1v) is 8.54. The molecule has 2 heterocycles. The Morgan fingerprint density at radius 2 is 2.05 bits per heavy atom. The highest BCUT2D eigenvalue weighted by atomic mass is 32.1. The van der Waals surface area contributed by atoms with Crippen LogP contribution in [0, 0.1) is 0 Å². The fraction of sp³-hybridized carbons (Fsp3) is 0.562. The molecule has 0 aromatic carbocycles. The highest BCUT2D eigenvalue weighted by Crippen LogP contribution is 2.39. The highest BCUT2D eigenvalue weighted by molar-refractivity contribution is 7.19. The van der Waals surface area contributed by atoms with Gasteiger partial charge in [-0.15, -0.1) is 11.3 Å². The largest absolute Gasteiger partial charge is 0.481 e. The third kappa shape index (κ3) is 2.67. The van der Waals surface area contributed by atoms with Crippen LogP contribution in [0.3, 0.4) is 0 Å². The van der Waals surface area contributed by atoms with Crippen molar-refractivity contribution in [1.82, 2.24) is 9.97 Å². The van der Waals surface area contributed by atoms with Crippen molar-refractivity contribution in [1.29, 1.82) is 0 Å². The first-order valence-electron chi connectivity index (χ1n) is 7.73. The molecule has 2 aromatic heterocycles. The zero-order chi connectivity index (χ0) is 15.9. The first kappa shape index (κ1) is 15.2. The van der Waals surface area contributed by atoms with Gasteiger partial charge < -0.3 is 10.0 Å². The number of carboxylic acid groups (broad SMARTS) is 1. The molecule has 0 unspecified atom stereocenters. The van der Waals surface area contributed by atoms with Crippen molar-refractivity contribution < 1.29 is 9.90 Å². The fourth-order valence-corrected chi connectivity index (χ4v) is 4.17. The van der Waals surface area contributed by atoms with Gasteiger partial charge in [0.15, 0.2) is 0 Å². The quantitative estimate of drug-likeness (QED) is 0.938. The van der Waals surface area contributed by atoms with Crippen molar-refractivity contribution in [2.24, 2.45) is 0 Å². The van der Waals surface area contributed by atoms with Gasteiger partial charge in [0.2, 0.25) is 0 Å². The summed E-state index contributed by atoms with van der Waals surface area (Å²) in [6.45, 7) is 4.23. The van der Waals surface area contributed by atoms with Crippen LogP contribution in [0.15, 0.2) is 0 Å². The second-order valence-electron chi connectivity index (χ2n) is 6.13. The van der Waals surface area contributed by atoms with Gasteiger partial charge in [0.1, 0.15) is 22.9 Å². The summed E-state index contributed by atoms with van der Waals surface area (Å²) in [7, 11) is 2.02. The summed E-state index contributed by atoms with van der Waals surface area (Å²) in [5.41, 5.74) is 1.38. The van der Waals surface area contributed by atoms with Crippen LogP contribution in [0.5, 0.6) is 0 Å². The minimum Gasteiger partial charge on any atom is -0.481 e. The molecule has 1 N–H and O–H groups in total. The van der Waals surface area contributed by atoms with Crippen LogP contribution >= 0.6 is 11.3 Å². The molecule has 22 heavy (non-hydrogen) atoms. The predicted octanol–water partition coefficient (Wildman–Crippen LogP) is 3.04. The van der Waals surface area contributed by atoms with Crippen LogP contribution in [0.1, 0.15) is 43.0 Å². The summed E-state index contributed by atoms with van der Waals surface area (Å²) in [6, 6.07) is 0.301. The Bertz CT molecular complexity index is 724. The second-order valence-corrected chi connectivity index (χ2v) is 7.21. The Hall–Kier alpha value is -1.69. The van der Waals surface area contributed by atoms with Crippen LogP contribution in [-0.2, 0) is 24.1 Å². The molecule has 5 nitrogen and oxygen atoms in total. The Balaban J connectivity index is 2.22. The summed E-state index contributed by atoms with van der Waals surface area (Å²) < 4.78 is 0. The van der Waals surface area contributed by atoms with Crippen molar-refractivity contribution >= 4 is 33.3 Å². The number of thiophene rings is 1. The lowest BCUT2D eigenvalue weighted by Crippen LogP contribution is -2.27. The molecule has 2 aromatic rings. The molecule has 0 atom stereocenters. The number of carboxylic acids is 1. The molecular weight excluding hydrogens is 298 g/mol. The second kappa shape index (κ2) is 5.83. The van der Waals surface area contributed by atoms with Gasteiger partial charge in [-0.05, 0) is 45.1 Å². The number of rotatable bonds is 4. The number of aromatic nitrogens is 2. The van der Waals surface area contributed by atoms with Gasteiger partial charge in [-0.25, -0.2) is 9.97 Å². The van der Waals surface area contributed by atoms with Gasteiger partial charge in [0.25, 0.3) is 0 Å². The van der Waals surface area contributed by atoms with E-state index in [-0.39, 0.29) is 6.42 Å². The standard InChI is InChI=1S/C16H21N3O2S/c1-9(2)19(3)15-14-10-6-4-5-7-11(10)22-16(14)18-12(17-15)8-13(20)21/h9H,4-8H2,1-3H3,(H,20,21). The Kier molecular flexibility index (Phi) is 4.04. The SMILES string of the molecule is CC(C)N(C)c1nc(CC(=O)O)nc2sc3c(c12)CCCC3. The molecule has 0 amide bonds. The average molecular weight is 319 g/mol. The summed E-state index contributed by atoms with van der Waals surface area (Å²) in [6.07, 6.45) is 4.49. The number of aliphatic carboxylic acids is 1. The van der Waals surface area contributed by atoms with E-state index in [1.807, 2.05) is 7.05 Å². The molecule has 118 valence electrons. The molecule has 0 spiro atoms. The van der Waals surface area contributed by atoms with E-state index >= 15 is 0 Å². The monoisotopic (exact) mass is 319 g/mol. The van der Waals surface area contributed by atoms with E-state index in [9.17, 15) is 4.79 Å². The van der Waals surface area contributed by atoms with E-state index in [1.54, 1.807) is 11.3 Å². The van der Waals surface area contributed by atoms with Gasteiger partial charge in [-0.2, -0.15) is 0 Å². The van der Waals surface area contributed by atoms with Crippen LogP contribution in [0.4, 0.5) is 5.82 Å². The third-order valence-corrected chi connectivity index (χ3v) is 5.45. The normalized spacial score (nSPS) is 14.4. The molecule has 0 saturated carbocycles. The molecule has 0 fully saturated rings. The van der Waals surface area contributed by atoms with Gasteiger partial charge in [-0.1, -0.05) is 0 Å². The Morgan fingerprint density at radius 3 is 2.73 bits per heavy atom. The van der Waals surface area contributed by atoms with E-state index in [4.69, 9.17) is 5.11 Å². The summed E-state index contributed by atoms with van der Waals surface area (Å²) >= 11 is 1.71. The summed E-state index contributed by atoms with van der Waals surface area (Å²) in [5.74, 6) is 0.399. The van der Waals surface area contributed by atoms with Crippen LogP contribution in [0.2, 0.25) is 0 Å². The number of hydrogen-bond acceptors (Lipinski definition) is 5. The number of fused-ring (bicyclic) bond motifs is 3. The molecule has 1 aliphatic carbocycles. The fourth-order valence-electron chi connectivity index (χ4n) is 2.90. The van der Waals surface area contributed by atoms with E-state index in [0.717, 1.165) is 28.9 Å².